The molecule has 2 rings (SSSR count). The van der Waals surface area contributed by atoms with E-state index in [0.29, 0.717) is 18.9 Å². The maximum atomic E-state index is 11.0. The molecule has 0 N–H and O–H groups in total. The van der Waals surface area contributed by atoms with Crippen LogP contribution < -0.4 is 0 Å². The molecule has 0 bridgehead atoms. The Labute approximate surface area is 111 Å². The third-order valence-electron chi connectivity index (χ3n) is 2.98. The van der Waals surface area contributed by atoms with Crippen LogP contribution in [0.5, 0.6) is 0 Å². The lowest BCUT2D eigenvalue weighted by Gasteiger charge is -2.24. The van der Waals surface area contributed by atoms with Crippen molar-refractivity contribution in [2.24, 2.45) is 0 Å². The highest BCUT2D eigenvalue weighted by molar-refractivity contribution is 5.63. The number of ether oxygens (including phenoxy) is 2. The molecule has 0 amide bonds. The Morgan fingerprint density at radius 3 is 3.11 bits per heavy atom. The summed E-state index contributed by atoms with van der Waals surface area (Å²) < 4.78 is 12.4. The Morgan fingerprint density at radius 2 is 2.53 bits per heavy atom. The largest absolute Gasteiger partial charge is 0.492 e. The lowest BCUT2D eigenvalue weighted by atomic mass is 10.2. The van der Waals surface area contributed by atoms with E-state index in [1.165, 1.54) is 10.9 Å². The summed E-state index contributed by atoms with van der Waals surface area (Å²) in [5.41, 5.74) is 0.186. The lowest BCUT2D eigenvalue weighted by Crippen LogP contribution is -2.21. The van der Waals surface area contributed by atoms with E-state index in [0.717, 1.165) is 19.3 Å². The van der Waals surface area contributed by atoms with E-state index in [4.69, 9.17) is 9.47 Å². The van der Waals surface area contributed by atoms with Gasteiger partial charge in [0.25, 0.3) is 0 Å². The highest BCUT2D eigenvalue weighted by atomic mass is 16.6. The predicted octanol–water partition coefficient (Wildman–Crippen LogP) is 2.50. The predicted molar refractivity (Wildman–Crippen MR) is 68.4 cm³/mol. The van der Waals surface area contributed by atoms with E-state index in [2.05, 4.69) is 11.7 Å². The zero-order chi connectivity index (χ0) is 13.8. The maximum absolute atomic E-state index is 11.0. The van der Waals surface area contributed by atoms with Crippen molar-refractivity contribution in [3.8, 4) is 0 Å². The third-order valence-corrected chi connectivity index (χ3v) is 2.98. The van der Waals surface area contributed by atoms with Crippen LogP contribution in [-0.4, -0.2) is 27.9 Å². The van der Waals surface area contributed by atoms with Crippen molar-refractivity contribution in [2.75, 3.05) is 13.2 Å². The van der Waals surface area contributed by atoms with E-state index in [1.54, 1.807) is 6.92 Å². The molecule has 19 heavy (non-hydrogen) atoms. The van der Waals surface area contributed by atoms with Gasteiger partial charge in [-0.1, -0.05) is 6.58 Å². The number of aromatic nitrogens is 2. The van der Waals surface area contributed by atoms with Crippen LogP contribution in [-0.2, 0) is 9.47 Å². The second-order valence-electron chi connectivity index (χ2n) is 4.26. The monoisotopic (exact) mass is 267 g/mol. The van der Waals surface area contributed by atoms with Gasteiger partial charge in [-0.15, -0.1) is 0 Å². The Bertz CT molecular complexity index is 477. The van der Waals surface area contributed by atoms with Crippen LogP contribution in [0.4, 0.5) is 5.69 Å². The van der Waals surface area contributed by atoms with Crippen LogP contribution >= 0.6 is 0 Å². The number of rotatable bonds is 5. The summed E-state index contributed by atoms with van der Waals surface area (Å²) in [6.07, 6.45) is 3.73. The molecule has 1 aliphatic rings. The number of nitrogens with zero attached hydrogens (tertiary/aromatic N) is 3. The van der Waals surface area contributed by atoms with Crippen molar-refractivity contribution in [3.05, 3.63) is 28.6 Å². The molecule has 0 saturated carbocycles. The first-order valence-electron chi connectivity index (χ1n) is 6.30. The molecule has 0 radical (unpaired) electrons. The molecule has 1 atom stereocenters. The fraction of sp³-hybridized carbons (Fsp3) is 0.583. The van der Waals surface area contributed by atoms with Gasteiger partial charge in [-0.2, -0.15) is 5.10 Å². The zero-order valence-electron chi connectivity index (χ0n) is 10.9. The number of nitro groups is 1. The second kappa shape index (κ2) is 5.83. The number of hydrogen-bond donors (Lipinski definition) is 0. The lowest BCUT2D eigenvalue weighted by molar-refractivity contribution is -0.385. The first-order valence-corrected chi connectivity index (χ1v) is 6.30. The van der Waals surface area contributed by atoms with Gasteiger partial charge in [-0.05, 0) is 26.2 Å². The van der Waals surface area contributed by atoms with Crippen molar-refractivity contribution in [2.45, 2.75) is 32.4 Å². The molecule has 0 aromatic carbocycles. The summed E-state index contributed by atoms with van der Waals surface area (Å²) in [5.74, 6) is 0.251. The highest BCUT2D eigenvalue weighted by Crippen LogP contribution is 2.31. The fourth-order valence-corrected chi connectivity index (χ4v) is 2.13. The highest BCUT2D eigenvalue weighted by Gasteiger charge is 2.29. The standard InChI is InChI=1S/C12H17N3O4/c1-3-18-9(2)12-10(15(16)17)8-13-14(12)11-6-4-5-7-19-11/h8,11H,2-7H2,1H3/t11-/m0/s1. The van der Waals surface area contributed by atoms with Gasteiger partial charge in [0.15, 0.2) is 11.9 Å². The Balaban J connectivity index is 2.36. The molecule has 1 aromatic heterocycles. The molecule has 0 spiro atoms. The van der Waals surface area contributed by atoms with Crippen LogP contribution in [0.15, 0.2) is 12.8 Å². The summed E-state index contributed by atoms with van der Waals surface area (Å²) in [5, 5.41) is 15.1. The Kier molecular flexibility index (Phi) is 4.16. The van der Waals surface area contributed by atoms with Crippen LogP contribution in [0.1, 0.15) is 38.1 Å². The van der Waals surface area contributed by atoms with Crippen LogP contribution in [0.3, 0.4) is 0 Å². The molecule has 0 aliphatic carbocycles. The Hall–Kier alpha value is -1.89. The molecule has 7 heteroatoms. The van der Waals surface area contributed by atoms with Gasteiger partial charge < -0.3 is 9.47 Å². The van der Waals surface area contributed by atoms with Crippen LogP contribution in [0.25, 0.3) is 5.76 Å². The molecule has 1 aliphatic heterocycles. The van der Waals surface area contributed by atoms with Gasteiger partial charge in [-0.25, -0.2) is 4.68 Å². The zero-order valence-corrected chi connectivity index (χ0v) is 10.9. The van der Waals surface area contributed by atoms with Gasteiger partial charge in [0.05, 0.1) is 11.5 Å². The van der Waals surface area contributed by atoms with E-state index < -0.39 is 4.92 Å². The quantitative estimate of drug-likeness (QED) is 0.465. The molecule has 104 valence electrons. The first-order chi connectivity index (χ1) is 9.15. The molecular weight excluding hydrogens is 250 g/mol. The smallest absolute Gasteiger partial charge is 0.318 e. The summed E-state index contributed by atoms with van der Waals surface area (Å²) in [7, 11) is 0. The molecule has 1 aromatic rings. The van der Waals surface area contributed by atoms with E-state index in [1.807, 2.05) is 0 Å². The summed E-state index contributed by atoms with van der Waals surface area (Å²) in [6, 6.07) is 0. The number of hydrogen-bond acceptors (Lipinski definition) is 5. The summed E-state index contributed by atoms with van der Waals surface area (Å²) in [6.45, 7) is 6.58. The second-order valence-corrected chi connectivity index (χ2v) is 4.26. The molecule has 1 saturated heterocycles. The van der Waals surface area contributed by atoms with Gasteiger partial charge in [-0.3, -0.25) is 10.1 Å². The van der Waals surface area contributed by atoms with E-state index in [9.17, 15) is 10.1 Å². The van der Waals surface area contributed by atoms with Gasteiger partial charge >= 0.3 is 5.69 Å². The van der Waals surface area contributed by atoms with E-state index in [-0.39, 0.29) is 17.7 Å². The van der Waals surface area contributed by atoms with Crippen molar-refractivity contribution < 1.29 is 14.4 Å². The molecule has 2 heterocycles. The minimum atomic E-state index is -0.480. The van der Waals surface area contributed by atoms with Gasteiger partial charge in [0.2, 0.25) is 0 Å². The molecule has 0 unspecified atom stereocenters. The maximum Gasteiger partial charge on any atom is 0.318 e. The van der Waals surface area contributed by atoms with E-state index >= 15 is 0 Å². The van der Waals surface area contributed by atoms with Crippen molar-refractivity contribution in [1.82, 2.24) is 9.78 Å². The Morgan fingerprint density at radius 1 is 1.74 bits per heavy atom. The first kappa shape index (κ1) is 13.5. The van der Waals surface area contributed by atoms with Crippen LogP contribution in [0, 0.1) is 10.1 Å². The SMILES string of the molecule is C=C(OCC)c1c([N+](=O)[O-])cnn1[C@@H]1CCCCO1. The summed E-state index contributed by atoms with van der Waals surface area (Å²) in [4.78, 5) is 10.6. The molecule has 1 fully saturated rings. The molecule has 7 nitrogen and oxygen atoms in total. The minimum absolute atomic E-state index is 0.104. The normalized spacial score (nSPS) is 19.1. The molecular formula is C12H17N3O4. The van der Waals surface area contributed by atoms with Crippen molar-refractivity contribution in [1.29, 1.82) is 0 Å². The van der Waals surface area contributed by atoms with Crippen LogP contribution in [0.2, 0.25) is 0 Å². The van der Waals surface area contributed by atoms with Gasteiger partial charge in [0.1, 0.15) is 12.0 Å². The van der Waals surface area contributed by atoms with Crippen molar-refractivity contribution in [3.63, 3.8) is 0 Å². The van der Waals surface area contributed by atoms with Gasteiger partial charge in [0, 0.05) is 6.61 Å². The topological polar surface area (TPSA) is 79.4 Å². The average Bonchev–Trinajstić information content (AvgIpc) is 2.85. The minimum Gasteiger partial charge on any atom is -0.492 e. The third kappa shape index (κ3) is 2.76. The average molecular weight is 267 g/mol. The summed E-state index contributed by atoms with van der Waals surface area (Å²) >= 11 is 0. The fourth-order valence-electron chi connectivity index (χ4n) is 2.13. The van der Waals surface area contributed by atoms with Crippen molar-refractivity contribution >= 4 is 11.4 Å².